The molecule has 1 spiro atoms. The molecule has 0 bridgehead atoms. The van der Waals surface area contributed by atoms with Gasteiger partial charge < -0.3 is 19.3 Å². The maximum Gasteiger partial charge on any atom is 0.334 e. The first-order valence-electron chi connectivity index (χ1n) is 10.5. The summed E-state index contributed by atoms with van der Waals surface area (Å²) in [5, 5.41) is 10.9. The number of rotatable bonds is 1. The second kappa shape index (κ2) is 5.39. The fourth-order valence-corrected chi connectivity index (χ4v) is 7.43. The Labute approximate surface area is 165 Å². The highest BCUT2D eigenvalue weighted by Crippen LogP contribution is 2.72. The Bertz CT molecular complexity index is 799. The quantitative estimate of drug-likeness (QED) is 0.547. The largest absolute Gasteiger partial charge is 0.462 e. The Balaban J connectivity index is 1.59. The van der Waals surface area contributed by atoms with Crippen LogP contribution in [0.4, 0.5) is 0 Å². The molecule has 2 heterocycles. The molecule has 4 fully saturated rings. The number of epoxide rings is 1. The molecule has 0 radical (unpaired) electrons. The summed E-state index contributed by atoms with van der Waals surface area (Å²) < 4.78 is 17.9. The van der Waals surface area contributed by atoms with Gasteiger partial charge in [-0.2, -0.15) is 0 Å². The highest BCUT2D eigenvalue weighted by molar-refractivity contribution is 5.92. The van der Waals surface area contributed by atoms with E-state index in [4.69, 9.17) is 14.2 Å². The molecule has 6 heteroatoms. The fourth-order valence-electron chi connectivity index (χ4n) is 7.43. The van der Waals surface area contributed by atoms with Crippen molar-refractivity contribution >= 4 is 11.9 Å². The predicted molar refractivity (Wildman–Crippen MR) is 99.1 cm³/mol. The molecule has 5 rings (SSSR count). The zero-order valence-corrected chi connectivity index (χ0v) is 17.3. The van der Waals surface area contributed by atoms with Gasteiger partial charge in [0.05, 0.1) is 6.10 Å². The summed E-state index contributed by atoms with van der Waals surface area (Å²) in [7, 11) is 0. The van der Waals surface area contributed by atoms with Crippen molar-refractivity contribution in [1.29, 1.82) is 0 Å². The SMILES string of the molecule is CC(=O)OC1CC(O)C(C)(C)C2CCC34OC3C3=C(C)C(=O)OC3CC4C12C. The number of carbonyl (C=O) groups excluding carboxylic acids is 2. The number of carbonyl (C=O) groups is 2. The Morgan fingerprint density at radius 1 is 1.21 bits per heavy atom. The van der Waals surface area contributed by atoms with E-state index in [1.54, 1.807) is 0 Å². The minimum absolute atomic E-state index is 0.0617. The molecular formula is C22H30O6. The van der Waals surface area contributed by atoms with E-state index in [-0.39, 0.29) is 58.5 Å². The molecule has 6 nitrogen and oxygen atoms in total. The Morgan fingerprint density at radius 3 is 2.61 bits per heavy atom. The Hall–Kier alpha value is -1.40. The van der Waals surface area contributed by atoms with Crippen molar-refractivity contribution < 1.29 is 28.9 Å². The zero-order valence-electron chi connectivity index (χ0n) is 17.3. The van der Waals surface area contributed by atoms with Gasteiger partial charge >= 0.3 is 11.9 Å². The summed E-state index contributed by atoms with van der Waals surface area (Å²) in [4.78, 5) is 24.1. The molecular weight excluding hydrogens is 360 g/mol. The van der Waals surface area contributed by atoms with Gasteiger partial charge in [0, 0.05) is 35.8 Å². The van der Waals surface area contributed by atoms with Crippen LogP contribution in [-0.2, 0) is 23.8 Å². The van der Waals surface area contributed by atoms with Gasteiger partial charge in [0.2, 0.25) is 0 Å². The van der Waals surface area contributed by atoms with Crippen molar-refractivity contribution in [3.63, 3.8) is 0 Å². The molecule has 2 aliphatic heterocycles. The van der Waals surface area contributed by atoms with Crippen LogP contribution in [0.2, 0.25) is 0 Å². The number of aliphatic hydroxyl groups excluding tert-OH is 1. The second-order valence-corrected chi connectivity index (χ2v) is 10.3. The van der Waals surface area contributed by atoms with E-state index in [1.807, 2.05) is 6.92 Å². The maximum atomic E-state index is 12.2. The van der Waals surface area contributed by atoms with E-state index in [9.17, 15) is 14.7 Å². The van der Waals surface area contributed by atoms with Crippen LogP contribution in [0.1, 0.15) is 60.3 Å². The van der Waals surface area contributed by atoms with Crippen molar-refractivity contribution in [1.82, 2.24) is 0 Å². The Morgan fingerprint density at radius 2 is 1.93 bits per heavy atom. The van der Waals surface area contributed by atoms with Crippen molar-refractivity contribution in [2.24, 2.45) is 22.7 Å². The van der Waals surface area contributed by atoms with Gasteiger partial charge in [0.25, 0.3) is 0 Å². The van der Waals surface area contributed by atoms with Gasteiger partial charge in [-0.05, 0) is 37.5 Å². The summed E-state index contributed by atoms with van der Waals surface area (Å²) in [5.41, 5.74) is 0.824. The zero-order chi connectivity index (χ0) is 20.2. The van der Waals surface area contributed by atoms with E-state index in [0.29, 0.717) is 18.4 Å². The van der Waals surface area contributed by atoms with Gasteiger partial charge in [0.15, 0.2) is 0 Å². The highest BCUT2D eigenvalue weighted by atomic mass is 16.6. The molecule has 0 aromatic rings. The third-order valence-electron chi connectivity index (χ3n) is 8.90. The van der Waals surface area contributed by atoms with Crippen molar-refractivity contribution in [2.75, 3.05) is 0 Å². The van der Waals surface area contributed by atoms with Gasteiger partial charge in [0.1, 0.15) is 23.9 Å². The van der Waals surface area contributed by atoms with Crippen molar-refractivity contribution in [3.05, 3.63) is 11.1 Å². The number of hydrogen-bond acceptors (Lipinski definition) is 6. The van der Waals surface area contributed by atoms with Crippen LogP contribution >= 0.6 is 0 Å². The lowest BCUT2D eigenvalue weighted by molar-refractivity contribution is -0.226. The van der Waals surface area contributed by atoms with Gasteiger partial charge in [-0.25, -0.2) is 4.79 Å². The van der Waals surface area contributed by atoms with Gasteiger partial charge in [-0.3, -0.25) is 4.79 Å². The number of aliphatic hydroxyl groups is 1. The van der Waals surface area contributed by atoms with Crippen LogP contribution in [0.3, 0.4) is 0 Å². The van der Waals surface area contributed by atoms with Gasteiger partial charge in [-0.15, -0.1) is 0 Å². The monoisotopic (exact) mass is 390 g/mol. The molecule has 3 aliphatic carbocycles. The first kappa shape index (κ1) is 18.6. The standard InChI is InChI=1S/C22H30O6/c1-10-17-12(27-19(10)25)8-14-21(5)13(6-7-22(14)18(17)28-22)20(3,4)15(24)9-16(21)26-11(2)23/h12-16,18,24H,6-9H2,1-5H3. The number of esters is 2. The topological polar surface area (TPSA) is 85.4 Å². The van der Waals surface area contributed by atoms with Crippen molar-refractivity contribution in [2.45, 2.75) is 90.3 Å². The van der Waals surface area contributed by atoms with E-state index < -0.39 is 6.10 Å². The number of ether oxygens (including phenoxy) is 3. The van der Waals surface area contributed by atoms with E-state index in [0.717, 1.165) is 18.4 Å². The molecule has 5 aliphatic rings. The fraction of sp³-hybridized carbons (Fsp3) is 0.818. The minimum atomic E-state index is -0.523. The maximum absolute atomic E-state index is 12.2. The average molecular weight is 390 g/mol. The second-order valence-electron chi connectivity index (χ2n) is 10.3. The van der Waals surface area contributed by atoms with Crippen LogP contribution in [0.15, 0.2) is 11.1 Å². The third-order valence-corrected chi connectivity index (χ3v) is 8.90. The predicted octanol–water partition coefficient (Wildman–Crippen LogP) is 2.52. The first-order chi connectivity index (χ1) is 13.0. The van der Waals surface area contributed by atoms with Crippen LogP contribution in [-0.4, -0.2) is 47.1 Å². The summed E-state index contributed by atoms with van der Waals surface area (Å²) >= 11 is 0. The molecule has 0 amide bonds. The van der Waals surface area contributed by atoms with Gasteiger partial charge in [-0.1, -0.05) is 20.8 Å². The van der Waals surface area contributed by atoms with E-state index >= 15 is 0 Å². The van der Waals surface area contributed by atoms with Crippen LogP contribution in [0.25, 0.3) is 0 Å². The van der Waals surface area contributed by atoms with Crippen LogP contribution in [0, 0.1) is 22.7 Å². The molecule has 8 unspecified atom stereocenters. The minimum Gasteiger partial charge on any atom is -0.462 e. The van der Waals surface area contributed by atoms with Crippen molar-refractivity contribution in [3.8, 4) is 0 Å². The molecule has 0 aromatic heterocycles. The summed E-state index contributed by atoms with van der Waals surface area (Å²) in [5.74, 6) is -0.240. The number of fused-ring (bicyclic) bond motifs is 4. The number of hydrogen-bond donors (Lipinski definition) is 1. The summed E-state index contributed by atoms with van der Waals surface area (Å²) in [6.45, 7) is 9.73. The highest BCUT2D eigenvalue weighted by Gasteiger charge is 2.77. The molecule has 3 saturated carbocycles. The van der Waals surface area contributed by atoms with Crippen LogP contribution in [0.5, 0.6) is 0 Å². The molecule has 154 valence electrons. The van der Waals surface area contributed by atoms with Crippen LogP contribution < -0.4 is 0 Å². The smallest absolute Gasteiger partial charge is 0.334 e. The van der Waals surface area contributed by atoms with E-state index in [2.05, 4.69) is 20.8 Å². The lowest BCUT2D eigenvalue weighted by Gasteiger charge is -2.63. The molecule has 8 atom stereocenters. The lowest BCUT2D eigenvalue weighted by atomic mass is 9.42. The lowest BCUT2D eigenvalue weighted by Crippen LogP contribution is -2.66. The third kappa shape index (κ3) is 2.06. The molecule has 28 heavy (non-hydrogen) atoms. The van der Waals surface area contributed by atoms with E-state index in [1.165, 1.54) is 6.92 Å². The average Bonchev–Trinajstić information content (AvgIpc) is 3.24. The summed E-state index contributed by atoms with van der Waals surface area (Å²) in [6, 6.07) is 0. The Kier molecular flexibility index (Phi) is 3.59. The molecule has 1 saturated heterocycles. The first-order valence-corrected chi connectivity index (χ1v) is 10.5. The summed E-state index contributed by atoms with van der Waals surface area (Å²) in [6.07, 6.45) is 1.77. The molecule has 1 N–H and O–H groups in total. The molecule has 0 aromatic carbocycles. The normalized spacial score (nSPS) is 50.7.